The molecule has 0 aliphatic heterocycles. The summed E-state index contributed by atoms with van der Waals surface area (Å²) in [6, 6.07) is 4.89. The van der Waals surface area contributed by atoms with E-state index in [9.17, 15) is 22.8 Å². The van der Waals surface area contributed by atoms with Crippen molar-refractivity contribution < 1.29 is 13.2 Å². The van der Waals surface area contributed by atoms with Gasteiger partial charge in [-0.2, -0.15) is 12.5 Å². The van der Waals surface area contributed by atoms with E-state index in [4.69, 9.17) is 0 Å². The summed E-state index contributed by atoms with van der Waals surface area (Å²) >= 11 is 0. The first-order chi connectivity index (χ1) is 14.5. The first-order valence-corrected chi connectivity index (χ1v) is 11.3. The second-order valence-corrected chi connectivity index (χ2v) is 9.48. The molecule has 0 saturated heterocycles. The van der Waals surface area contributed by atoms with Crippen LogP contribution in [0.3, 0.4) is 0 Å². The van der Waals surface area contributed by atoms with E-state index in [0.717, 1.165) is 10.8 Å². The average molecular weight is 448 g/mol. The van der Waals surface area contributed by atoms with Crippen molar-refractivity contribution in [3.05, 3.63) is 51.3 Å². The van der Waals surface area contributed by atoms with Crippen molar-refractivity contribution in [3.8, 4) is 0 Å². The van der Waals surface area contributed by atoms with Crippen molar-refractivity contribution in [2.75, 3.05) is 5.32 Å². The molecule has 1 amide bonds. The number of amides is 1. The smallest absolute Gasteiger partial charge is 0.326 e. The van der Waals surface area contributed by atoms with Crippen LogP contribution in [0.25, 0.3) is 11.0 Å². The van der Waals surface area contributed by atoms with Gasteiger partial charge in [0.05, 0.1) is 11.1 Å². The topological polar surface area (TPSA) is 125 Å². The molecule has 0 aliphatic rings. The molecular formula is C20H25N5O5S. The van der Waals surface area contributed by atoms with E-state index in [1.165, 1.54) is 28.8 Å². The molecule has 0 fully saturated rings. The fraction of sp³-hybridized carbons (Fsp3) is 0.400. The quantitative estimate of drug-likeness (QED) is 0.617. The summed E-state index contributed by atoms with van der Waals surface area (Å²) in [5.74, 6) is -0.193. The van der Waals surface area contributed by atoms with Crippen LogP contribution < -0.4 is 16.6 Å². The average Bonchev–Trinajstić information content (AvgIpc) is 3.14. The van der Waals surface area contributed by atoms with Crippen LogP contribution in [0.2, 0.25) is 0 Å². The van der Waals surface area contributed by atoms with Crippen LogP contribution in [0.1, 0.15) is 53.1 Å². The highest BCUT2D eigenvalue weighted by molar-refractivity contribution is 7.89. The van der Waals surface area contributed by atoms with Gasteiger partial charge in [-0.25, -0.2) is 4.79 Å². The van der Waals surface area contributed by atoms with Gasteiger partial charge in [0.15, 0.2) is 5.65 Å². The van der Waals surface area contributed by atoms with Gasteiger partial charge in [0.2, 0.25) is 5.91 Å². The van der Waals surface area contributed by atoms with Gasteiger partial charge in [-0.05, 0) is 52.0 Å². The molecule has 3 rings (SSSR count). The Balaban J connectivity index is 2.18. The van der Waals surface area contributed by atoms with Crippen molar-refractivity contribution in [1.29, 1.82) is 0 Å². The van der Waals surface area contributed by atoms with Crippen molar-refractivity contribution in [3.63, 3.8) is 0 Å². The highest BCUT2D eigenvalue weighted by atomic mass is 32.2. The van der Waals surface area contributed by atoms with Gasteiger partial charge in [-0.15, -0.1) is 5.10 Å². The zero-order chi connectivity index (χ0) is 23.1. The number of nitrogens with one attached hydrogen (secondary N) is 1. The molecule has 31 heavy (non-hydrogen) atoms. The number of aromatic nitrogens is 4. The van der Waals surface area contributed by atoms with Crippen LogP contribution in [-0.4, -0.2) is 32.6 Å². The van der Waals surface area contributed by atoms with Gasteiger partial charge in [-0.3, -0.25) is 18.7 Å². The lowest BCUT2D eigenvalue weighted by Gasteiger charge is -2.15. The molecule has 0 spiro atoms. The zero-order valence-electron chi connectivity index (χ0n) is 18.0. The van der Waals surface area contributed by atoms with Crippen LogP contribution >= 0.6 is 0 Å². The molecule has 0 atom stereocenters. The molecule has 0 saturated carbocycles. The van der Waals surface area contributed by atoms with E-state index >= 15 is 0 Å². The number of rotatable bonds is 6. The second kappa shape index (κ2) is 8.14. The Labute approximate surface area is 179 Å². The molecular weight excluding hydrogens is 422 g/mol. The molecule has 1 N–H and O–H groups in total. The van der Waals surface area contributed by atoms with Crippen LogP contribution in [0.5, 0.6) is 0 Å². The molecule has 11 heteroatoms. The van der Waals surface area contributed by atoms with Crippen LogP contribution in [0, 0.1) is 0 Å². The first-order valence-electron chi connectivity index (χ1n) is 9.91. The highest BCUT2D eigenvalue weighted by Crippen LogP contribution is 2.20. The van der Waals surface area contributed by atoms with E-state index < -0.39 is 27.3 Å². The standard InChI is InChI=1S/C20H25N5O5S/c1-6-17(26)21-14-7-9-15(10-8-14)31(29,30)23-11-16-18(22-23)24(12(2)3)20(28)25(13(4)5)19(16)27/h7-13H,6H2,1-5H3,(H,21,26). The number of anilines is 1. The van der Waals surface area contributed by atoms with E-state index in [2.05, 4.69) is 10.4 Å². The molecule has 10 nitrogen and oxygen atoms in total. The second-order valence-electron chi connectivity index (χ2n) is 7.69. The Kier molecular flexibility index (Phi) is 5.90. The van der Waals surface area contributed by atoms with Gasteiger partial charge < -0.3 is 5.32 Å². The zero-order valence-corrected chi connectivity index (χ0v) is 18.8. The van der Waals surface area contributed by atoms with Crippen molar-refractivity contribution in [1.82, 2.24) is 18.3 Å². The number of carbonyl (C=O) groups excluding carboxylic acids is 1. The predicted molar refractivity (Wildman–Crippen MR) is 117 cm³/mol. The minimum Gasteiger partial charge on any atom is -0.326 e. The maximum absolute atomic E-state index is 13.1. The van der Waals surface area contributed by atoms with E-state index in [1.54, 1.807) is 34.6 Å². The van der Waals surface area contributed by atoms with Gasteiger partial charge in [-0.1, -0.05) is 6.92 Å². The molecule has 2 heterocycles. The minimum atomic E-state index is -4.13. The first kappa shape index (κ1) is 22.5. The summed E-state index contributed by atoms with van der Waals surface area (Å²) in [6.07, 6.45) is 1.43. The largest absolute Gasteiger partial charge is 0.333 e. The predicted octanol–water partition coefficient (Wildman–Crippen LogP) is 2.11. The molecule has 0 radical (unpaired) electrons. The van der Waals surface area contributed by atoms with Crippen molar-refractivity contribution in [2.24, 2.45) is 0 Å². The summed E-state index contributed by atoms with van der Waals surface area (Å²) < 4.78 is 29.3. The number of nitrogens with zero attached hydrogens (tertiary/aromatic N) is 4. The van der Waals surface area contributed by atoms with Crippen LogP contribution in [0.4, 0.5) is 5.69 Å². The maximum Gasteiger partial charge on any atom is 0.333 e. The van der Waals surface area contributed by atoms with Crippen molar-refractivity contribution in [2.45, 2.75) is 58.0 Å². The SMILES string of the molecule is CCC(=O)Nc1ccc(S(=O)(=O)n2cc3c(=O)n(C(C)C)c(=O)n(C(C)C)c3n2)cc1. The van der Waals surface area contributed by atoms with E-state index in [1.807, 2.05) is 0 Å². The third kappa shape index (κ3) is 3.92. The molecule has 1 aromatic carbocycles. The lowest BCUT2D eigenvalue weighted by Crippen LogP contribution is -2.41. The summed E-state index contributed by atoms with van der Waals surface area (Å²) in [5, 5.41) is 6.78. The Morgan fingerprint density at radius 2 is 1.61 bits per heavy atom. The van der Waals surface area contributed by atoms with Gasteiger partial charge in [0.1, 0.15) is 5.39 Å². The molecule has 2 aromatic heterocycles. The minimum absolute atomic E-state index is 0.0114. The number of carbonyl (C=O) groups is 1. The Hall–Kier alpha value is -3.21. The fourth-order valence-electron chi connectivity index (χ4n) is 3.21. The van der Waals surface area contributed by atoms with Gasteiger partial charge >= 0.3 is 5.69 Å². The maximum atomic E-state index is 13.1. The molecule has 0 bridgehead atoms. The number of fused-ring (bicyclic) bond motifs is 1. The number of benzene rings is 1. The lowest BCUT2D eigenvalue weighted by atomic mass is 10.3. The van der Waals surface area contributed by atoms with Crippen LogP contribution in [-0.2, 0) is 14.8 Å². The van der Waals surface area contributed by atoms with Gasteiger partial charge in [0, 0.05) is 24.2 Å². The summed E-state index contributed by atoms with van der Waals surface area (Å²) in [7, 11) is -4.13. The molecule has 0 unspecified atom stereocenters. The van der Waals surface area contributed by atoms with E-state index in [0.29, 0.717) is 16.2 Å². The summed E-state index contributed by atoms with van der Waals surface area (Å²) in [4.78, 5) is 37.2. The Morgan fingerprint density at radius 1 is 1.03 bits per heavy atom. The number of hydrogen-bond acceptors (Lipinski definition) is 6. The third-order valence-corrected chi connectivity index (χ3v) is 6.35. The molecule has 0 aliphatic carbocycles. The summed E-state index contributed by atoms with van der Waals surface area (Å²) in [6.45, 7) is 8.64. The summed E-state index contributed by atoms with van der Waals surface area (Å²) in [5.41, 5.74) is -0.658. The fourth-order valence-corrected chi connectivity index (χ4v) is 4.33. The normalized spacial score (nSPS) is 12.1. The van der Waals surface area contributed by atoms with Crippen molar-refractivity contribution >= 4 is 32.7 Å². The molecule has 3 aromatic rings. The van der Waals surface area contributed by atoms with Crippen LogP contribution in [0.15, 0.2) is 44.9 Å². The number of hydrogen-bond donors (Lipinski definition) is 1. The Morgan fingerprint density at radius 3 is 2.13 bits per heavy atom. The highest BCUT2D eigenvalue weighted by Gasteiger charge is 2.24. The van der Waals surface area contributed by atoms with E-state index in [-0.39, 0.29) is 27.9 Å². The Bertz CT molecular complexity index is 1360. The molecule has 166 valence electrons. The monoisotopic (exact) mass is 447 g/mol. The van der Waals surface area contributed by atoms with Gasteiger partial charge in [0.25, 0.3) is 15.6 Å². The lowest BCUT2D eigenvalue weighted by molar-refractivity contribution is -0.115. The third-order valence-electron chi connectivity index (χ3n) is 4.80.